The van der Waals surface area contributed by atoms with Crippen LogP contribution in [0, 0.1) is 10.8 Å². The summed E-state index contributed by atoms with van der Waals surface area (Å²) in [5.41, 5.74) is -3.79. The first-order valence-corrected chi connectivity index (χ1v) is 17.5. The van der Waals surface area contributed by atoms with Gasteiger partial charge in [-0.2, -0.15) is 39.5 Å². The molecule has 0 radical (unpaired) electrons. The highest BCUT2D eigenvalue weighted by Gasteiger charge is 2.61. The highest BCUT2D eigenvalue weighted by molar-refractivity contribution is 6.01. The van der Waals surface area contributed by atoms with Crippen LogP contribution in [0.2, 0.25) is 0 Å². The molecule has 16 heteroatoms. The summed E-state index contributed by atoms with van der Waals surface area (Å²) in [6.07, 6.45) is -15.6. The third kappa shape index (κ3) is 8.90. The maximum atomic E-state index is 15.1. The number of hydrogen-bond acceptors (Lipinski definition) is 5. The molecule has 54 heavy (non-hydrogen) atoms. The lowest BCUT2D eigenvalue weighted by atomic mass is 9.76. The van der Waals surface area contributed by atoms with Crippen molar-refractivity contribution in [3.05, 3.63) is 65.2 Å². The van der Waals surface area contributed by atoms with Gasteiger partial charge in [0.1, 0.15) is 17.2 Å². The standard InChI is InChI=1S/C38H42F9N3O4/c1-34(2)12-16-49(17-13-34)21-24-10-11-29(54-3)30(31(24)37(42,43)44)27-9-5-7-25-23(6-4-8-26(25)27)20-28(32(51)52)48-33(53)35(38(45,46)47)14-18-50(19-15-35)22-36(39,40)41/h4-11,28H,12-22H2,1-3H3,(H,48,53)(H,51,52)/t28-/m0/s1. The number of ether oxygens (including phenoxy) is 1. The number of carboxylic acids is 1. The third-order valence-electron chi connectivity index (χ3n) is 10.8. The molecule has 2 aliphatic rings. The molecule has 2 fully saturated rings. The van der Waals surface area contributed by atoms with E-state index in [2.05, 4.69) is 13.8 Å². The second-order valence-electron chi connectivity index (χ2n) is 15.0. The van der Waals surface area contributed by atoms with Gasteiger partial charge in [-0.05, 0) is 90.8 Å². The Balaban J connectivity index is 1.50. The van der Waals surface area contributed by atoms with Gasteiger partial charge in [-0.15, -0.1) is 0 Å². The van der Waals surface area contributed by atoms with Crippen LogP contribution in [0.4, 0.5) is 39.5 Å². The number of fused-ring (bicyclic) bond motifs is 1. The lowest BCUT2D eigenvalue weighted by Gasteiger charge is -2.42. The fourth-order valence-corrected chi connectivity index (χ4v) is 7.55. The van der Waals surface area contributed by atoms with Crippen molar-refractivity contribution in [3.63, 3.8) is 0 Å². The summed E-state index contributed by atoms with van der Waals surface area (Å²) in [5, 5.41) is 12.6. The number of likely N-dealkylation sites (tertiary alicyclic amines) is 2. The van der Waals surface area contributed by atoms with Gasteiger partial charge < -0.3 is 15.2 Å². The average Bonchev–Trinajstić information content (AvgIpc) is 3.07. The van der Waals surface area contributed by atoms with Crippen molar-refractivity contribution in [1.82, 2.24) is 15.1 Å². The predicted octanol–water partition coefficient (Wildman–Crippen LogP) is 8.47. The smallest absolute Gasteiger partial charge is 0.417 e. The normalized spacial score (nSPS) is 19.0. The Bertz CT molecular complexity index is 1840. The summed E-state index contributed by atoms with van der Waals surface area (Å²) in [4.78, 5) is 28.5. The molecule has 0 unspecified atom stereocenters. The molecule has 0 aromatic heterocycles. The molecule has 2 heterocycles. The minimum atomic E-state index is -5.20. The second-order valence-corrected chi connectivity index (χ2v) is 15.0. The van der Waals surface area contributed by atoms with Crippen molar-refractivity contribution in [3.8, 4) is 16.9 Å². The van der Waals surface area contributed by atoms with Gasteiger partial charge in [0.15, 0.2) is 0 Å². The van der Waals surface area contributed by atoms with Crippen LogP contribution in [-0.4, -0.2) is 85.0 Å². The molecule has 1 amide bonds. The molecule has 0 spiro atoms. The molecule has 1 atom stereocenters. The maximum Gasteiger partial charge on any atom is 0.417 e. The Morgan fingerprint density at radius 1 is 0.815 bits per heavy atom. The molecule has 0 bridgehead atoms. The van der Waals surface area contributed by atoms with Gasteiger partial charge in [-0.3, -0.25) is 14.6 Å². The zero-order chi connectivity index (χ0) is 39.9. The number of nitrogens with zero attached hydrogens (tertiary/aromatic N) is 2. The van der Waals surface area contributed by atoms with Crippen LogP contribution in [0.25, 0.3) is 21.9 Å². The summed E-state index contributed by atoms with van der Waals surface area (Å²) in [6.45, 7) is 2.65. The fraction of sp³-hybridized carbons (Fsp3) is 0.526. The maximum absolute atomic E-state index is 15.1. The molecule has 7 nitrogen and oxygen atoms in total. The molecule has 5 rings (SSSR count). The molecule has 3 aromatic rings. The number of halogens is 9. The van der Waals surface area contributed by atoms with E-state index in [1.807, 2.05) is 10.2 Å². The van der Waals surface area contributed by atoms with E-state index < -0.39 is 86.3 Å². The van der Waals surface area contributed by atoms with E-state index in [0.717, 1.165) is 17.7 Å². The number of carbonyl (C=O) groups is 2. The third-order valence-corrected chi connectivity index (χ3v) is 10.8. The molecule has 2 aliphatic heterocycles. The first-order valence-electron chi connectivity index (χ1n) is 17.5. The number of benzene rings is 3. The average molecular weight is 776 g/mol. The number of nitrogens with one attached hydrogen (secondary N) is 1. The van der Waals surface area contributed by atoms with Crippen molar-refractivity contribution < 1.29 is 58.9 Å². The first-order chi connectivity index (χ1) is 25.0. The predicted molar refractivity (Wildman–Crippen MR) is 183 cm³/mol. The number of hydrogen-bond donors (Lipinski definition) is 2. The number of amides is 1. The van der Waals surface area contributed by atoms with Gasteiger partial charge in [0.25, 0.3) is 0 Å². The van der Waals surface area contributed by atoms with Gasteiger partial charge in [-0.1, -0.05) is 56.3 Å². The Hall–Kier alpha value is -4.05. The minimum Gasteiger partial charge on any atom is -0.496 e. The monoisotopic (exact) mass is 775 g/mol. The van der Waals surface area contributed by atoms with Crippen molar-refractivity contribution >= 4 is 22.6 Å². The molecule has 3 aromatic carbocycles. The van der Waals surface area contributed by atoms with Crippen LogP contribution in [-0.2, 0) is 28.7 Å². The van der Waals surface area contributed by atoms with E-state index >= 15 is 13.2 Å². The van der Waals surface area contributed by atoms with Crippen LogP contribution in [0.3, 0.4) is 0 Å². The molecular formula is C38H42F9N3O4. The summed E-state index contributed by atoms with van der Waals surface area (Å²) in [7, 11) is 1.25. The summed E-state index contributed by atoms with van der Waals surface area (Å²) >= 11 is 0. The number of rotatable bonds is 10. The summed E-state index contributed by atoms with van der Waals surface area (Å²) in [6, 6.07) is 9.89. The lowest BCUT2D eigenvalue weighted by molar-refractivity contribution is -0.236. The molecule has 2 N–H and O–H groups in total. The SMILES string of the molecule is COc1ccc(CN2CCC(C)(C)CC2)c(C(F)(F)F)c1-c1cccc2c(C[C@H](NC(=O)C3(C(F)(F)F)CCN(CC(F)(F)F)CC3)C(=O)O)cccc12. The van der Waals surface area contributed by atoms with Crippen molar-refractivity contribution in [1.29, 1.82) is 0 Å². The van der Waals surface area contributed by atoms with Gasteiger partial charge in [0, 0.05) is 18.5 Å². The molecule has 296 valence electrons. The highest BCUT2D eigenvalue weighted by atomic mass is 19.4. The fourth-order valence-electron chi connectivity index (χ4n) is 7.55. The van der Waals surface area contributed by atoms with Crippen LogP contribution < -0.4 is 10.1 Å². The largest absolute Gasteiger partial charge is 0.496 e. The van der Waals surface area contributed by atoms with Crippen molar-refractivity contribution in [2.45, 2.75) is 77.1 Å². The van der Waals surface area contributed by atoms with Gasteiger partial charge >= 0.3 is 24.5 Å². The van der Waals surface area contributed by atoms with E-state index in [-0.39, 0.29) is 45.3 Å². The Kier molecular flexibility index (Phi) is 11.6. The zero-order valence-corrected chi connectivity index (χ0v) is 29.9. The number of methoxy groups -OCH3 is 1. The van der Waals surface area contributed by atoms with Gasteiger partial charge in [0.05, 0.1) is 19.2 Å². The molecule has 2 saturated heterocycles. The number of carboxylic acid groups (broad SMARTS) is 1. The number of aliphatic carboxylic acids is 1. The van der Waals surface area contributed by atoms with E-state index in [9.17, 15) is 41.0 Å². The van der Waals surface area contributed by atoms with Crippen LogP contribution in [0.1, 0.15) is 56.2 Å². The quantitative estimate of drug-likeness (QED) is 0.201. The molecule has 0 aliphatic carbocycles. The number of alkyl halides is 9. The summed E-state index contributed by atoms with van der Waals surface area (Å²) in [5.74, 6) is -3.42. The van der Waals surface area contributed by atoms with Gasteiger partial charge in [0.2, 0.25) is 5.91 Å². The van der Waals surface area contributed by atoms with E-state index in [0.29, 0.717) is 18.5 Å². The Morgan fingerprint density at radius 2 is 1.41 bits per heavy atom. The number of piperidine rings is 2. The molecule has 0 saturated carbocycles. The van der Waals surface area contributed by atoms with Crippen LogP contribution in [0.15, 0.2) is 48.5 Å². The second kappa shape index (κ2) is 15.2. The lowest BCUT2D eigenvalue weighted by Crippen LogP contribution is -2.59. The van der Waals surface area contributed by atoms with Crippen LogP contribution in [0.5, 0.6) is 5.75 Å². The highest BCUT2D eigenvalue weighted by Crippen LogP contribution is 2.48. The first kappa shape index (κ1) is 41.1. The zero-order valence-electron chi connectivity index (χ0n) is 29.9. The summed E-state index contributed by atoms with van der Waals surface area (Å²) < 4.78 is 133. The van der Waals surface area contributed by atoms with Gasteiger partial charge in [-0.25, -0.2) is 4.79 Å². The number of carbonyl (C=O) groups excluding carboxylic acids is 1. The Morgan fingerprint density at radius 3 is 1.96 bits per heavy atom. The topological polar surface area (TPSA) is 82.1 Å². The Labute approximate surface area is 306 Å². The van der Waals surface area contributed by atoms with Crippen molar-refractivity contribution in [2.24, 2.45) is 10.8 Å². The van der Waals surface area contributed by atoms with E-state index in [4.69, 9.17) is 4.74 Å². The van der Waals surface area contributed by atoms with Crippen LogP contribution >= 0.6 is 0 Å². The molecular weight excluding hydrogens is 733 g/mol. The van der Waals surface area contributed by atoms with E-state index in [1.54, 1.807) is 0 Å². The van der Waals surface area contributed by atoms with Crippen molar-refractivity contribution in [2.75, 3.05) is 39.8 Å². The minimum absolute atomic E-state index is 0.0394. The van der Waals surface area contributed by atoms with E-state index in [1.165, 1.54) is 55.6 Å².